The van der Waals surface area contributed by atoms with Crippen LogP contribution in [0.1, 0.15) is 50.8 Å². The van der Waals surface area contributed by atoms with Gasteiger partial charge in [-0.2, -0.15) is 0 Å². The van der Waals surface area contributed by atoms with Gasteiger partial charge in [-0.15, -0.1) is 0 Å². The van der Waals surface area contributed by atoms with E-state index < -0.39 is 11.9 Å². The van der Waals surface area contributed by atoms with Crippen molar-refractivity contribution in [3.63, 3.8) is 0 Å². The molecule has 0 bridgehead atoms. The summed E-state index contributed by atoms with van der Waals surface area (Å²) in [5.74, 6) is 0.678. The van der Waals surface area contributed by atoms with E-state index in [1.165, 1.54) is 25.3 Å². The highest BCUT2D eigenvalue weighted by molar-refractivity contribution is 5.99. The molecule has 1 saturated carbocycles. The Kier molecular flexibility index (Phi) is 8.22. The third kappa shape index (κ3) is 6.55. The number of rotatable bonds is 11. The highest BCUT2D eigenvalue weighted by atomic mass is 19.1. The zero-order valence-electron chi connectivity index (χ0n) is 22.1. The molecule has 0 aromatic heterocycles. The molecule has 204 valence electrons. The predicted octanol–water partition coefficient (Wildman–Crippen LogP) is 6.60. The third-order valence-corrected chi connectivity index (χ3v) is 6.89. The van der Waals surface area contributed by atoms with Crippen LogP contribution in [-0.4, -0.2) is 35.4 Å². The lowest BCUT2D eigenvalue weighted by atomic mass is 9.99. The van der Waals surface area contributed by atoms with Gasteiger partial charge in [0.25, 0.3) is 5.91 Å². The predicted molar refractivity (Wildman–Crippen MR) is 149 cm³/mol. The Balaban J connectivity index is 1.27. The molecule has 6 nitrogen and oxygen atoms in total. The SMILES string of the molecule is COc1ccc(F)cc1Oc1ccc(C(=O)N(Cc2ccc(C(O)C(=O)c3ccccc3)cc2)CC2CC2)cc1. The maximum absolute atomic E-state index is 13.7. The van der Waals surface area contributed by atoms with Gasteiger partial charge in [-0.1, -0.05) is 54.6 Å². The van der Waals surface area contributed by atoms with Crippen molar-refractivity contribution in [1.29, 1.82) is 0 Å². The van der Waals surface area contributed by atoms with Crippen molar-refractivity contribution in [1.82, 2.24) is 4.90 Å². The minimum atomic E-state index is -1.26. The van der Waals surface area contributed by atoms with Crippen LogP contribution >= 0.6 is 0 Å². The number of carbonyl (C=O) groups is 2. The number of Topliss-reactive ketones (excluding diaryl/α,β-unsaturated/α-hetero) is 1. The molecule has 0 saturated heterocycles. The first-order valence-electron chi connectivity index (χ1n) is 13.2. The summed E-state index contributed by atoms with van der Waals surface area (Å²) in [6.07, 6.45) is 0.936. The number of amides is 1. The first kappa shape index (κ1) is 27.1. The zero-order valence-corrected chi connectivity index (χ0v) is 22.1. The average Bonchev–Trinajstić information content (AvgIpc) is 3.81. The fraction of sp³-hybridized carbons (Fsp3) is 0.212. The monoisotopic (exact) mass is 539 g/mol. The number of ketones is 1. The summed E-state index contributed by atoms with van der Waals surface area (Å²) < 4.78 is 24.7. The standard InChI is InChI=1S/C33H30FNO5/c1-39-29-18-15-27(34)19-30(29)40-28-16-13-26(14-17-28)33(38)35(20-22-7-8-22)21-23-9-11-25(12-10-23)32(37)31(36)24-5-3-2-4-6-24/h2-6,9-19,22,32,37H,7-8,20-21H2,1H3. The van der Waals surface area contributed by atoms with Crippen LogP contribution in [0, 0.1) is 11.7 Å². The van der Waals surface area contributed by atoms with E-state index in [1.54, 1.807) is 60.7 Å². The largest absolute Gasteiger partial charge is 0.493 e. The van der Waals surface area contributed by atoms with Crippen molar-refractivity contribution in [2.75, 3.05) is 13.7 Å². The van der Waals surface area contributed by atoms with Crippen molar-refractivity contribution in [2.24, 2.45) is 5.92 Å². The number of hydrogen-bond donors (Lipinski definition) is 1. The van der Waals surface area contributed by atoms with Gasteiger partial charge in [0.2, 0.25) is 0 Å². The highest BCUT2D eigenvalue weighted by Crippen LogP contribution is 2.33. The van der Waals surface area contributed by atoms with Gasteiger partial charge in [-0.25, -0.2) is 4.39 Å². The molecule has 1 unspecified atom stereocenters. The van der Waals surface area contributed by atoms with Crippen molar-refractivity contribution in [2.45, 2.75) is 25.5 Å². The molecule has 5 rings (SSSR count). The van der Waals surface area contributed by atoms with Crippen molar-refractivity contribution < 1.29 is 28.6 Å². The molecule has 0 aliphatic heterocycles. The number of nitrogens with zero attached hydrogens (tertiary/aromatic N) is 1. The van der Waals surface area contributed by atoms with E-state index in [-0.39, 0.29) is 17.4 Å². The van der Waals surface area contributed by atoms with Crippen LogP contribution in [0.4, 0.5) is 4.39 Å². The van der Waals surface area contributed by atoms with Crippen molar-refractivity contribution >= 4 is 11.7 Å². The smallest absolute Gasteiger partial charge is 0.254 e. The van der Waals surface area contributed by atoms with E-state index in [9.17, 15) is 19.1 Å². The van der Waals surface area contributed by atoms with E-state index >= 15 is 0 Å². The summed E-state index contributed by atoms with van der Waals surface area (Å²) in [5.41, 5.74) is 2.37. The summed E-state index contributed by atoms with van der Waals surface area (Å²) in [6, 6.07) is 26.6. The average molecular weight is 540 g/mol. The maximum atomic E-state index is 13.7. The van der Waals surface area contributed by atoms with E-state index in [0.29, 0.717) is 47.2 Å². The Morgan fingerprint density at radius 1 is 0.900 bits per heavy atom. The minimum Gasteiger partial charge on any atom is -0.493 e. The molecule has 4 aromatic rings. The van der Waals surface area contributed by atoms with E-state index in [4.69, 9.17) is 9.47 Å². The van der Waals surface area contributed by atoms with Crippen LogP contribution in [0.2, 0.25) is 0 Å². The number of hydrogen-bond acceptors (Lipinski definition) is 5. The van der Waals surface area contributed by atoms with Crippen LogP contribution in [-0.2, 0) is 6.54 Å². The van der Waals surface area contributed by atoms with E-state index in [0.717, 1.165) is 18.4 Å². The summed E-state index contributed by atoms with van der Waals surface area (Å²) in [5, 5.41) is 10.6. The third-order valence-electron chi connectivity index (χ3n) is 6.89. The Labute approximate surface area is 232 Å². The molecule has 7 heteroatoms. The van der Waals surface area contributed by atoms with Crippen LogP contribution in [0.25, 0.3) is 0 Å². The van der Waals surface area contributed by atoms with Crippen molar-refractivity contribution in [3.8, 4) is 17.2 Å². The molecule has 4 aromatic carbocycles. The van der Waals surface area contributed by atoms with E-state index in [1.807, 2.05) is 23.1 Å². The second-order valence-electron chi connectivity index (χ2n) is 9.93. The molecule has 40 heavy (non-hydrogen) atoms. The van der Waals surface area contributed by atoms with Crippen LogP contribution < -0.4 is 9.47 Å². The molecule has 1 aliphatic rings. The zero-order chi connectivity index (χ0) is 28.1. The summed E-state index contributed by atoms with van der Waals surface area (Å²) >= 11 is 0. The molecule has 1 N–H and O–H groups in total. The Morgan fingerprint density at radius 3 is 2.25 bits per heavy atom. The first-order valence-corrected chi connectivity index (χ1v) is 13.2. The van der Waals surface area contributed by atoms with Gasteiger partial charge >= 0.3 is 0 Å². The molecule has 0 spiro atoms. The number of benzene rings is 4. The Hall–Kier alpha value is -4.49. The van der Waals surface area contributed by atoms with Gasteiger partial charge in [-0.3, -0.25) is 9.59 Å². The van der Waals surface area contributed by atoms with Crippen LogP contribution in [0.5, 0.6) is 17.2 Å². The number of halogens is 1. The normalized spacial score (nSPS) is 13.4. The summed E-state index contributed by atoms with van der Waals surface area (Å²) in [6.45, 7) is 1.05. The Morgan fingerprint density at radius 2 is 1.60 bits per heavy atom. The fourth-order valence-electron chi connectivity index (χ4n) is 4.47. The first-order chi connectivity index (χ1) is 19.4. The number of carbonyl (C=O) groups excluding carboxylic acids is 2. The highest BCUT2D eigenvalue weighted by Gasteiger charge is 2.28. The lowest BCUT2D eigenvalue weighted by molar-refractivity contribution is 0.0734. The molecule has 0 heterocycles. The molecular weight excluding hydrogens is 509 g/mol. The van der Waals surface area contributed by atoms with Gasteiger partial charge in [0, 0.05) is 30.3 Å². The molecule has 1 fully saturated rings. The van der Waals surface area contributed by atoms with Crippen LogP contribution in [0.15, 0.2) is 97.1 Å². The number of aliphatic hydroxyl groups is 1. The summed E-state index contributed by atoms with van der Waals surface area (Å²) in [4.78, 5) is 27.9. The van der Waals surface area contributed by atoms with Gasteiger partial charge in [-0.05, 0) is 66.3 Å². The van der Waals surface area contributed by atoms with E-state index in [2.05, 4.69) is 0 Å². The number of aliphatic hydroxyl groups excluding tert-OH is 1. The second kappa shape index (κ2) is 12.1. The molecule has 1 amide bonds. The lowest BCUT2D eigenvalue weighted by Gasteiger charge is -2.23. The van der Waals surface area contributed by atoms with Gasteiger partial charge in [0.1, 0.15) is 17.7 Å². The fourth-order valence-corrected chi connectivity index (χ4v) is 4.47. The number of ether oxygens (including phenoxy) is 2. The quantitative estimate of drug-likeness (QED) is 0.218. The maximum Gasteiger partial charge on any atom is 0.254 e. The van der Waals surface area contributed by atoms with Gasteiger partial charge in [0.05, 0.1) is 7.11 Å². The minimum absolute atomic E-state index is 0.106. The molecule has 0 radical (unpaired) electrons. The molecular formula is C33H30FNO5. The second-order valence-corrected chi connectivity index (χ2v) is 9.93. The summed E-state index contributed by atoms with van der Waals surface area (Å²) in [7, 11) is 1.48. The lowest BCUT2D eigenvalue weighted by Crippen LogP contribution is -2.32. The topological polar surface area (TPSA) is 76.1 Å². The van der Waals surface area contributed by atoms with Crippen LogP contribution in [0.3, 0.4) is 0 Å². The Bertz CT molecular complexity index is 1470. The molecule has 1 atom stereocenters. The van der Waals surface area contributed by atoms with Gasteiger partial charge in [0.15, 0.2) is 17.3 Å². The number of methoxy groups -OCH3 is 1. The van der Waals surface area contributed by atoms with Crippen molar-refractivity contribution in [3.05, 3.63) is 125 Å². The molecule has 1 aliphatic carbocycles. The van der Waals surface area contributed by atoms with Gasteiger partial charge < -0.3 is 19.5 Å².